The Bertz CT molecular complexity index is 915. The summed E-state index contributed by atoms with van der Waals surface area (Å²) in [5.41, 5.74) is 3.86. The summed E-state index contributed by atoms with van der Waals surface area (Å²) in [5, 5.41) is 6.78. The first-order valence-electron chi connectivity index (χ1n) is 8.97. The van der Waals surface area contributed by atoms with Crippen LogP contribution in [0.1, 0.15) is 16.7 Å². The first-order valence-corrected chi connectivity index (χ1v) is 9.35. The third-order valence-corrected chi connectivity index (χ3v) is 4.32. The van der Waals surface area contributed by atoms with Gasteiger partial charge in [-0.25, -0.2) is 0 Å². The molecule has 0 unspecified atom stereocenters. The normalized spacial score (nSPS) is 10.5. The maximum absolute atomic E-state index is 12.2. The fourth-order valence-corrected chi connectivity index (χ4v) is 2.84. The smallest absolute Gasteiger partial charge is 0.262 e. The number of nitrogens with one attached hydrogen (secondary N) is 2. The number of anilines is 1. The van der Waals surface area contributed by atoms with Crippen LogP contribution < -0.4 is 15.4 Å². The number of amides is 1. The third kappa shape index (κ3) is 6.08. The van der Waals surface area contributed by atoms with Gasteiger partial charge < -0.3 is 15.4 Å². The Balaban J connectivity index is 1.55. The highest BCUT2D eigenvalue weighted by molar-refractivity contribution is 6.30. The van der Waals surface area contributed by atoms with Gasteiger partial charge in [-0.05, 0) is 48.9 Å². The van der Waals surface area contributed by atoms with Gasteiger partial charge in [0, 0.05) is 41.8 Å². The van der Waals surface area contributed by atoms with Crippen LogP contribution >= 0.6 is 11.6 Å². The molecule has 144 valence electrons. The van der Waals surface area contributed by atoms with Gasteiger partial charge in [-0.15, -0.1) is 0 Å². The van der Waals surface area contributed by atoms with E-state index >= 15 is 0 Å². The summed E-state index contributed by atoms with van der Waals surface area (Å²) in [4.78, 5) is 16.3. The Kier molecular flexibility index (Phi) is 7.00. The van der Waals surface area contributed by atoms with Gasteiger partial charge >= 0.3 is 0 Å². The number of rotatable bonds is 8. The van der Waals surface area contributed by atoms with Gasteiger partial charge in [0.25, 0.3) is 5.91 Å². The number of pyridine rings is 1. The van der Waals surface area contributed by atoms with Crippen LogP contribution in [0.15, 0.2) is 67.0 Å². The molecule has 0 saturated heterocycles. The van der Waals surface area contributed by atoms with E-state index in [9.17, 15) is 4.79 Å². The van der Waals surface area contributed by atoms with E-state index in [-0.39, 0.29) is 12.5 Å². The minimum atomic E-state index is -0.215. The van der Waals surface area contributed by atoms with E-state index < -0.39 is 0 Å². The van der Waals surface area contributed by atoms with Crippen molar-refractivity contribution in [2.24, 2.45) is 0 Å². The van der Waals surface area contributed by atoms with Crippen molar-refractivity contribution < 1.29 is 9.53 Å². The fourth-order valence-electron chi connectivity index (χ4n) is 2.65. The predicted molar refractivity (Wildman–Crippen MR) is 112 cm³/mol. The van der Waals surface area contributed by atoms with E-state index in [4.69, 9.17) is 16.3 Å². The fraction of sp³-hybridized carbons (Fsp3) is 0.182. The van der Waals surface area contributed by atoms with Gasteiger partial charge in [-0.1, -0.05) is 35.4 Å². The van der Waals surface area contributed by atoms with Crippen molar-refractivity contribution in [1.82, 2.24) is 10.3 Å². The zero-order valence-corrected chi connectivity index (χ0v) is 16.4. The molecule has 0 spiro atoms. The van der Waals surface area contributed by atoms with Crippen molar-refractivity contribution in [2.45, 2.75) is 20.0 Å². The minimum Gasteiger partial charge on any atom is -0.483 e. The topological polar surface area (TPSA) is 63.2 Å². The molecule has 0 aliphatic carbocycles. The molecule has 2 aromatic carbocycles. The monoisotopic (exact) mass is 395 g/mol. The van der Waals surface area contributed by atoms with Gasteiger partial charge in [0.05, 0.1) is 0 Å². The largest absolute Gasteiger partial charge is 0.483 e. The zero-order chi connectivity index (χ0) is 19.8. The second-order valence-corrected chi connectivity index (χ2v) is 6.86. The maximum Gasteiger partial charge on any atom is 0.262 e. The summed E-state index contributed by atoms with van der Waals surface area (Å²) >= 11 is 6.12. The first-order chi connectivity index (χ1) is 13.6. The standard InChI is InChI=1S/C22H22ClN3O2/c1-16-4-7-20(8-5-16)26-22(27)15-28-21-9-6-19(23)11-18(21)14-25-13-17-3-2-10-24-12-17/h2-12,25H,13-15H2,1H3,(H,26,27). The quantitative estimate of drug-likeness (QED) is 0.595. The molecule has 0 atom stereocenters. The Morgan fingerprint density at radius 2 is 1.93 bits per heavy atom. The van der Waals surface area contributed by atoms with Gasteiger partial charge in [0.2, 0.25) is 0 Å². The second kappa shape index (κ2) is 9.88. The molecule has 3 aromatic rings. The Hall–Kier alpha value is -2.89. The minimum absolute atomic E-state index is 0.0783. The van der Waals surface area contributed by atoms with E-state index in [2.05, 4.69) is 15.6 Å². The molecule has 0 radical (unpaired) electrons. The van der Waals surface area contributed by atoms with Crippen LogP contribution in [-0.2, 0) is 17.9 Å². The number of ether oxygens (including phenoxy) is 1. The molecule has 0 saturated carbocycles. The van der Waals surface area contributed by atoms with E-state index in [0.29, 0.717) is 23.9 Å². The van der Waals surface area contributed by atoms with Crippen molar-refractivity contribution in [2.75, 3.05) is 11.9 Å². The van der Waals surface area contributed by atoms with Gasteiger partial charge in [-0.2, -0.15) is 0 Å². The van der Waals surface area contributed by atoms with E-state index in [1.165, 1.54) is 0 Å². The zero-order valence-electron chi connectivity index (χ0n) is 15.6. The summed E-state index contributed by atoms with van der Waals surface area (Å²) < 4.78 is 5.73. The maximum atomic E-state index is 12.2. The lowest BCUT2D eigenvalue weighted by Crippen LogP contribution is -2.21. The van der Waals surface area contributed by atoms with Crippen LogP contribution in [0.3, 0.4) is 0 Å². The number of halogens is 1. The molecule has 6 heteroatoms. The van der Waals surface area contributed by atoms with Crippen LogP contribution in [0.4, 0.5) is 5.69 Å². The molecule has 0 bridgehead atoms. The Morgan fingerprint density at radius 1 is 1.11 bits per heavy atom. The van der Waals surface area contributed by atoms with Crippen molar-refractivity contribution >= 4 is 23.2 Å². The van der Waals surface area contributed by atoms with Crippen LogP contribution in [0.25, 0.3) is 0 Å². The molecule has 3 rings (SSSR count). The van der Waals surface area contributed by atoms with Crippen LogP contribution in [0.5, 0.6) is 5.75 Å². The Labute approximate surface area is 169 Å². The third-order valence-electron chi connectivity index (χ3n) is 4.08. The first kappa shape index (κ1) is 19.9. The highest BCUT2D eigenvalue weighted by atomic mass is 35.5. The van der Waals surface area contributed by atoms with Gasteiger partial charge in [0.1, 0.15) is 5.75 Å². The molecule has 2 N–H and O–H groups in total. The highest BCUT2D eigenvalue weighted by Crippen LogP contribution is 2.23. The number of hydrogen-bond donors (Lipinski definition) is 2. The van der Waals surface area contributed by atoms with E-state index in [1.54, 1.807) is 18.3 Å². The molecular formula is C22H22ClN3O2. The molecule has 0 aliphatic rings. The second-order valence-electron chi connectivity index (χ2n) is 6.42. The summed E-state index contributed by atoms with van der Waals surface area (Å²) in [5.74, 6) is 0.412. The van der Waals surface area contributed by atoms with Crippen molar-refractivity contribution in [3.63, 3.8) is 0 Å². The number of benzene rings is 2. The average molecular weight is 396 g/mol. The number of carbonyl (C=O) groups is 1. The van der Waals surface area contributed by atoms with E-state index in [0.717, 1.165) is 22.4 Å². The number of hydrogen-bond acceptors (Lipinski definition) is 4. The van der Waals surface area contributed by atoms with Crippen LogP contribution in [0.2, 0.25) is 5.02 Å². The summed E-state index contributed by atoms with van der Waals surface area (Å²) in [6, 6.07) is 16.9. The SMILES string of the molecule is Cc1ccc(NC(=O)COc2ccc(Cl)cc2CNCc2cccnc2)cc1. The van der Waals surface area contributed by atoms with Crippen LogP contribution in [0, 0.1) is 6.92 Å². The number of aryl methyl sites for hydroxylation is 1. The van der Waals surface area contributed by atoms with Gasteiger partial charge in [-0.3, -0.25) is 9.78 Å². The molecule has 28 heavy (non-hydrogen) atoms. The van der Waals surface area contributed by atoms with Crippen molar-refractivity contribution in [1.29, 1.82) is 0 Å². The lowest BCUT2D eigenvalue weighted by atomic mass is 10.2. The summed E-state index contributed by atoms with van der Waals surface area (Å²) in [6.45, 7) is 3.16. The van der Waals surface area contributed by atoms with Crippen LogP contribution in [-0.4, -0.2) is 17.5 Å². The molecule has 5 nitrogen and oxygen atoms in total. The molecule has 1 aromatic heterocycles. The lowest BCUT2D eigenvalue weighted by molar-refractivity contribution is -0.118. The lowest BCUT2D eigenvalue weighted by Gasteiger charge is -2.13. The summed E-state index contributed by atoms with van der Waals surface area (Å²) in [7, 11) is 0. The number of carbonyl (C=O) groups excluding carboxylic acids is 1. The predicted octanol–water partition coefficient (Wildman–Crippen LogP) is 4.35. The average Bonchev–Trinajstić information content (AvgIpc) is 2.70. The molecular weight excluding hydrogens is 374 g/mol. The molecule has 0 fully saturated rings. The molecule has 1 amide bonds. The van der Waals surface area contributed by atoms with E-state index in [1.807, 2.05) is 55.6 Å². The summed E-state index contributed by atoms with van der Waals surface area (Å²) in [6.07, 6.45) is 3.56. The van der Waals surface area contributed by atoms with Gasteiger partial charge in [0.15, 0.2) is 6.61 Å². The Morgan fingerprint density at radius 3 is 2.68 bits per heavy atom. The molecule has 0 aliphatic heterocycles. The highest BCUT2D eigenvalue weighted by Gasteiger charge is 2.09. The van der Waals surface area contributed by atoms with Crippen molar-refractivity contribution in [3.05, 3.63) is 88.7 Å². The number of nitrogens with zero attached hydrogens (tertiary/aromatic N) is 1. The number of aromatic nitrogens is 1. The van der Waals surface area contributed by atoms with Crippen molar-refractivity contribution in [3.8, 4) is 5.75 Å². The molecule has 1 heterocycles.